The van der Waals surface area contributed by atoms with Gasteiger partial charge in [0.2, 0.25) is 11.8 Å². The molecular formula is C13H25N3O2. The molecule has 0 radical (unpaired) electrons. The molecule has 0 aliphatic carbocycles. The lowest BCUT2D eigenvalue weighted by atomic mass is 10.0. The van der Waals surface area contributed by atoms with Crippen LogP contribution in [0.2, 0.25) is 0 Å². The first-order valence-corrected chi connectivity index (χ1v) is 6.76. The van der Waals surface area contributed by atoms with Crippen LogP contribution in [-0.2, 0) is 9.59 Å². The summed E-state index contributed by atoms with van der Waals surface area (Å²) < 4.78 is 0. The number of nitrogens with zero attached hydrogens (tertiary/aromatic N) is 1. The Hall–Kier alpha value is -1.10. The minimum absolute atomic E-state index is 0.0547. The van der Waals surface area contributed by atoms with Crippen LogP contribution in [0.15, 0.2) is 0 Å². The van der Waals surface area contributed by atoms with E-state index >= 15 is 0 Å². The van der Waals surface area contributed by atoms with E-state index in [2.05, 4.69) is 5.32 Å². The van der Waals surface area contributed by atoms with Crippen molar-refractivity contribution in [1.29, 1.82) is 0 Å². The zero-order chi connectivity index (χ0) is 13.7. The molecule has 5 heteroatoms. The number of carbonyl (C=O) groups excluding carboxylic acids is 2. The molecule has 2 unspecified atom stereocenters. The minimum Gasteiger partial charge on any atom is -0.354 e. The normalized spacial score (nSPS) is 19.2. The minimum atomic E-state index is -0.340. The highest BCUT2D eigenvalue weighted by Crippen LogP contribution is 2.19. The van der Waals surface area contributed by atoms with Gasteiger partial charge >= 0.3 is 0 Å². The fourth-order valence-corrected chi connectivity index (χ4v) is 2.29. The number of nitrogens with two attached hydrogens (primary N) is 1. The van der Waals surface area contributed by atoms with E-state index in [9.17, 15) is 9.59 Å². The molecular weight excluding hydrogens is 230 g/mol. The van der Waals surface area contributed by atoms with Gasteiger partial charge in [0.05, 0.1) is 0 Å². The highest BCUT2D eigenvalue weighted by molar-refractivity contribution is 5.88. The van der Waals surface area contributed by atoms with Crippen molar-refractivity contribution in [3.63, 3.8) is 0 Å². The SMILES string of the molecule is CC(N)CCNC(=O)C(C(C)C)N1CCCC1=O. The molecule has 0 aromatic carbocycles. The zero-order valence-corrected chi connectivity index (χ0v) is 11.6. The monoisotopic (exact) mass is 255 g/mol. The third-order valence-corrected chi connectivity index (χ3v) is 3.24. The third-order valence-electron chi connectivity index (χ3n) is 3.24. The molecule has 2 amide bonds. The van der Waals surface area contributed by atoms with Crippen LogP contribution in [0.3, 0.4) is 0 Å². The van der Waals surface area contributed by atoms with Gasteiger partial charge in [-0.15, -0.1) is 0 Å². The first-order valence-electron chi connectivity index (χ1n) is 6.76. The smallest absolute Gasteiger partial charge is 0.243 e. The van der Waals surface area contributed by atoms with E-state index in [-0.39, 0.29) is 29.8 Å². The van der Waals surface area contributed by atoms with Crippen LogP contribution in [-0.4, -0.2) is 41.9 Å². The lowest BCUT2D eigenvalue weighted by Gasteiger charge is -2.30. The molecule has 0 bridgehead atoms. The van der Waals surface area contributed by atoms with E-state index in [1.165, 1.54) is 0 Å². The molecule has 0 aromatic heterocycles. The van der Waals surface area contributed by atoms with Crippen molar-refractivity contribution < 1.29 is 9.59 Å². The van der Waals surface area contributed by atoms with Gasteiger partial charge in [-0.1, -0.05) is 13.8 Å². The molecule has 1 aliphatic rings. The molecule has 1 rings (SSSR count). The van der Waals surface area contributed by atoms with Crippen LogP contribution < -0.4 is 11.1 Å². The summed E-state index contributed by atoms with van der Waals surface area (Å²) in [5.74, 6) is 0.166. The highest BCUT2D eigenvalue weighted by Gasteiger charge is 2.34. The third kappa shape index (κ3) is 3.98. The van der Waals surface area contributed by atoms with Gasteiger partial charge in [0.15, 0.2) is 0 Å². The Bertz CT molecular complexity index is 303. The zero-order valence-electron chi connectivity index (χ0n) is 11.6. The van der Waals surface area contributed by atoms with Gasteiger partial charge in [-0.3, -0.25) is 9.59 Å². The molecule has 0 spiro atoms. The largest absolute Gasteiger partial charge is 0.354 e. The van der Waals surface area contributed by atoms with Gasteiger partial charge in [-0.05, 0) is 25.7 Å². The number of rotatable bonds is 6. The topological polar surface area (TPSA) is 75.4 Å². The Morgan fingerprint density at radius 1 is 1.44 bits per heavy atom. The lowest BCUT2D eigenvalue weighted by molar-refractivity contribution is -0.139. The van der Waals surface area contributed by atoms with Crippen molar-refractivity contribution in [2.45, 2.75) is 52.1 Å². The average Bonchev–Trinajstić information content (AvgIpc) is 2.64. The predicted octanol–water partition coefficient (Wildman–Crippen LogP) is 0.487. The Kier molecular flexibility index (Phi) is 5.59. The van der Waals surface area contributed by atoms with Crippen molar-refractivity contribution in [3.8, 4) is 0 Å². The highest BCUT2D eigenvalue weighted by atomic mass is 16.2. The second-order valence-electron chi connectivity index (χ2n) is 5.44. The molecule has 1 aliphatic heterocycles. The fourth-order valence-electron chi connectivity index (χ4n) is 2.29. The summed E-state index contributed by atoms with van der Waals surface area (Å²) in [5, 5.41) is 2.88. The molecule has 1 fully saturated rings. The number of nitrogens with one attached hydrogen (secondary N) is 1. The van der Waals surface area contributed by atoms with Gasteiger partial charge in [0.25, 0.3) is 0 Å². The van der Waals surface area contributed by atoms with Crippen molar-refractivity contribution >= 4 is 11.8 Å². The molecule has 0 saturated carbocycles. The second-order valence-corrected chi connectivity index (χ2v) is 5.44. The van der Waals surface area contributed by atoms with Crippen molar-refractivity contribution in [1.82, 2.24) is 10.2 Å². The first kappa shape index (κ1) is 15.0. The van der Waals surface area contributed by atoms with Crippen LogP contribution in [0.25, 0.3) is 0 Å². The van der Waals surface area contributed by atoms with E-state index < -0.39 is 0 Å². The number of hydrogen-bond donors (Lipinski definition) is 2. The van der Waals surface area contributed by atoms with E-state index in [4.69, 9.17) is 5.73 Å². The maximum Gasteiger partial charge on any atom is 0.243 e. The number of carbonyl (C=O) groups is 2. The van der Waals surface area contributed by atoms with E-state index in [0.717, 1.165) is 12.8 Å². The van der Waals surface area contributed by atoms with Crippen LogP contribution >= 0.6 is 0 Å². The maximum absolute atomic E-state index is 12.2. The van der Waals surface area contributed by atoms with Gasteiger partial charge in [0.1, 0.15) is 6.04 Å². The van der Waals surface area contributed by atoms with Crippen molar-refractivity contribution in [2.24, 2.45) is 11.7 Å². The number of amides is 2. The Balaban J connectivity index is 2.56. The summed E-state index contributed by atoms with van der Waals surface area (Å²) in [4.78, 5) is 25.6. The molecule has 1 heterocycles. The molecule has 104 valence electrons. The fraction of sp³-hybridized carbons (Fsp3) is 0.846. The maximum atomic E-state index is 12.2. The standard InChI is InChI=1S/C13H25N3O2/c1-9(2)12(16-8-4-5-11(16)17)13(18)15-7-6-10(3)14/h9-10,12H,4-8,14H2,1-3H3,(H,15,18). The summed E-state index contributed by atoms with van der Waals surface area (Å²) in [6.07, 6.45) is 2.18. The molecule has 3 N–H and O–H groups in total. The van der Waals surface area contributed by atoms with E-state index in [1.807, 2.05) is 20.8 Å². The summed E-state index contributed by atoms with van der Waals surface area (Å²) >= 11 is 0. The Morgan fingerprint density at radius 2 is 2.11 bits per heavy atom. The molecule has 5 nitrogen and oxygen atoms in total. The van der Waals surface area contributed by atoms with Crippen LogP contribution in [0.1, 0.15) is 40.0 Å². The summed E-state index contributed by atoms with van der Waals surface area (Å²) in [6.45, 7) is 7.13. The first-order chi connectivity index (χ1) is 8.43. The number of likely N-dealkylation sites (tertiary alicyclic amines) is 1. The van der Waals surface area contributed by atoms with E-state index in [1.54, 1.807) is 4.90 Å². The van der Waals surface area contributed by atoms with E-state index in [0.29, 0.717) is 19.5 Å². The van der Waals surface area contributed by atoms with Gasteiger partial charge in [0, 0.05) is 25.6 Å². The molecule has 18 heavy (non-hydrogen) atoms. The van der Waals surface area contributed by atoms with Gasteiger partial charge in [-0.2, -0.15) is 0 Å². The second kappa shape index (κ2) is 6.73. The summed E-state index contributed by atoms with van der Waals surface area (Å²) in [6, 6.07) is -0.260. The predicted molar refractivity (Wildman–Crippen MR) is 70.8 cm³/mol. The Morgan fingerprint density at radius 3 is 2.56 bits per heavy atom. The van der Waals surface area contributed by atoms with Crippen LogP contribution in [0.5, 0.6) is 0 Å². The van der Waals surface area contributed by atoms with Gasteiger partial charge in [-0.25, -0.2) is 0 Å². The summed E-state index contributed by atoms with van der Waals surface area (Å²) in [7, 11) is 0. The molecule has 1 saturated heterocycles. The van der Waals surface area contributed by atoms with Crippen molar-refractivity contribution in [3.05, 3.63) is 0 Å². The molecule has 0 aromatic rings. The lowest BCUT2D eigenvalue weighted by Crippen LogP contribution is -2.50. The number of hydrogen-bond acceptors (Lipinski definition) is 3. The quantitative estimate of drug-likeness (QED) is 0.725. The average molecular weight is 255 g/mol. The van der Waals surface area contributed by atoms with Crippen LogP contribution in [0.4, 0.5) is 0 Å². The molecule has 2 atom stereocenters. The summed E-state index contributed by atoms with van der Waals surface area (Å²) in [5.41, 5.74) is 5.64. The van der Waals surface area contributed by atoms with Crippen LogP contribution in [0, 0.1) is 5.92 Å². The Labute approximate surface area is 109 Å². The van der Waals surface area contributed by atoms with Crippen molar-refractivity contribution in [2.75, 3.05) is 13.1 Å². The van der Waals surface area contributed by atoms with Gasteiger partial charge < -0.3 is 16.0 Å².